The van der Waals surface area contributed by atoms with Crippen LogP contribution in [-0.2, 0) is 4.79 Å². The fourth-order valence-corrected chi connectivity index (χ4v) is 2.22. The molecule has 0 aliphatic heterocycles. The Morgan fingerprint density at radius 2 is 1.96 bits per heavy atom. The van der Waals surface area contributed by atoms with Gasteiger partial charge in [-0.05, 0) is 36.6 Å². The molecule has 0 aliphatic rings. The highest BCUT2D eigenvalue weighted by Crippen LogP contribution is 2.14. The molecule has 2 amide bonds. The predicted octanol–water partition coefficient (Wildman–Crippen LogP) is 2.81. The van der Waals surface area contributed by atoms with Gasteiger partial charge in [-0.3, -0.25) is 9.59 Å². The highest BCUT2D eigenvalue weighted by atomic mass is 16.5. The van der Waals surface area contributed by atoms with Crippen molar-refractivity contribution in [2.75, 3.05) is 25.5 Å². The smallest absolute Gasteiger partial charge is 0.254 e. The van der Waals surface area contributed by atoms with E-state index < -0.39 is 0 Å². The van der Waals surface area contributed by atoms with Gasteiger partial charge >= 0.3 is 0 Å². The van der Waals surface area contributed by atoms with E-state index >= 15 is 0 Å². The molecule has 0 fully saturated rings. The molecule has 0 atom stereocenters. The quantitative estimate of drug-likeness (QED) is 0.795. The predicted molar refractivity (Wildman–Crippen MR) is 93.5 cm³/mol. The Morgan fingerprint density at radius 3 is 2.52 bits per heavy atom. The first-order valence-electron chi connectivity index (χ1n) is 8.13. The number of carbonyl (C=O) groups excluding carboxylic acids is 2. The summed E-state index contributed by atoms with van der Waals surface area (Å²) in [6.07, 6.45) is 2.17. The number of methoxy groups -OCH3 is 1. The Hall–Kier alpha value is -2.83. The van der Waals surface area contributed by atoms with Crippen LogP contribution in [0.2, 0.25) is 0 Å². The summed E-state index contributed by atoms with van der Waals surface area (Å²) in [5.41, 5.74) is 0.513. The lowest BCUT2D eigenvalue weighted by molar-refractivity contribution is -0.117. The molecule has 25 heavy (non-hydrogen) atoms. The molecule has 7 heteroatoms. The van der Waals surface area contributed by atoms with Crippen LogP contribution >= 0.6 is 0 Å². The molecule has 0 unspecified atom stereocenters. The Balaban J connectivity index is 2.07. The van der Waals surface area contributed by atoms with Gasteiger partial charge in [0.05, 0.1) is 7.11 Å². The molecule has 1 aromatic carbocycles. The number of rotatable bonds is 8. The molecule has 2 rings (SSSR count). The van der Waals surface area contributed by atoms with E-state index in [2.05, 4.69) is 28.8 Å². The Kier molecular flexibility index (Phi) is 6.56. The number of benzene rings is 1. The summed E-state index contributed by atoms with van der Waals surface area (Å²) in [6.45, 7) is 4.59. The zero-order chi connectivity index (χ0) is 18.2. The maximum absolute atomic E-state index is 12.8. The molecule has 2 aromatic rings. The first-order chi connectivity index (χ1) is 12.0. The van der Waals surface area contributed by atoms with Crippen LogP contribution in [0.25, 0.3) is 0 Å². The van der Waals surface area contributed by atoms with Gasteiger partial charge in [0.25, 0.3) is 5.91 Å². The molecule has 0 radical (unpaired) electrons. The van der Waals surface area contributed by atoms with Crippen LogP contribution < -0.4 is 10.1 Å². The molecule has 1 N–H and O–H groups in total. The second kappa shape index (κ2) is 8.86. The van der Waals surface area contributed by atoms with Gasteiger partial charge in [0.1, 0.15) is 18.6 Å². The monoisotopic (exact) mass is 345 g/mol. The molecule has 0 saturated carbocycles. The maximum atomic E-state index is 12.8. The zero-order valence-corrected chi connectivity index (χ0v) is 14.7. The fourth-order valence-electron chi connectivity index (χ4n) is 2.22. The van der Waals surface area contributed by atoms with Crippen molar-refractivity contribution in [3.8, 4) is 5.75 Å². The topological polar surface area (TPSA) is 84.7 Å². The fraction of sp³-hybridized carbons (Fsp3) is 0.389. The minimum absolute atomic E-state index is 0.0511. The number of hydrogen-bond acceptors (Lipinski definition) is 5. The number of nitrogens with one attached hydrogen (secondary N) is 1. The normalized spacial score (nSPS) is 10.6. The number of hydrogen-bond donors (Lipinski definition) is 1. The minimum atomic E-state index is -0.320. The van der Waals surface area contributed by atoms with Gasteiger partial charge in [-0.25, -0.2) is 0 Å². The second-order valence-corrected chi connectivity index (χ2v) is 6.07. The lowest BCUT2D eigenvalue weighted by Crippen LogP contribution is -2.39. The van der Waals surface area contributed by atoms with Crippen molar-refractivity contribution in [2.24, 2.45) is 5.92 Å². The lowest BCUT2D eigenvalue weighted by atomic mass is 10.1. The van der Waals surface area contributed by atoms with Gasteiger partial charge in [0, 0.05) is 18.2 Å². The molecular weight excluding hydrogens is 322 g/mol. The van der Waals surface area contributed by atoms with Gasteiger partial charge in [0.15, 0.2) is 5.82 Å². The highest BCUT2D eigenvalue weighted by Gasteiger charge is 2.19. The number of ether oxygens (including phenoxy) is 1. The van der Waals surface area contributed by atoms with Crippen molar-refractivity contribution >= 4 is 17.6 Å². The van der Waals surface area contributed by atoms with Gasteiger partial charge < -0.3 is 19.5 Å². The average molecular weight is 345 g/mol. The number of amides is 2. The number of carbonyl (C=O) groups is 2. The Labute approximate surface area is 146 Å². The van der Waals surface area contributed by atoms with Crippen molar-refractivity contribution in [1.29, 1.82) is 0 Å². The van der Waals surface area contributed by atoms with Crippen LogP contribution in [0.4, 0.5) is 5.82 Å². The van der Waals surface area contributed by atoms with E-state index in [1.807, 2.05) is 0 Å². The summed E-state index contributed by atoms with van der Waals surface area (Å²) >= 11 is 0. The van der Waals surface area contributed by atoms with Gasteiger partial charge in [-0.15, -0.1) is 0 Å². The van der Waals surface area contributed by atoms with E-state index in [-0.39, 0.29) is 18.4 Å². The molecule has 0 bridgehead atoms. The molecule has 0 spiro atoms. The van der Waals surface area contributed by atoms with Crippen molar-refractivity contribution in [2.45, 2.75) is 20.3 Å². The van der Waals surface area contributed by atoms with E-state index in [1.165, 1.54) is 11.2 Å². The summed E-state index contributed by atoms with van der Waals surface area (Å²) in [5, 5.41) is 6.24. The van der Waals surface area contributed by atoms with Crippen LogP contribution in [0.5, 0.6) is 5.75 Å². The Bertz CT molecular complexity index is 681. The average Bonchev–Trinajstić information content (AvgIpc) is 3.10. The van der Waals surface area contributed by atoms with E-state index in [9.17, 15) is 9.59 Å². The summed E-state index contributed by atoms with van der Waals surface area (Å²) in [6, 6.07) is 8.38. The van der Waals surface area contributed by atoms with Crippen molar-refractivity contribution in [3.63, 3.8) is 0 Å². The molecular formula is C18H23N3O4. The largest absolute Gasteiger partial charge is 0.497 e. The van der Waals surface area contributed by atoms with Gasteiger partial charge in [0.2, 0.25) is 5.91 Å². The van der Waals surface area contributed by atoms with Crippen LogP contribution in [0, 0.1) is 5.92 Å². The van der Waals surface area contributed by atoms with Crippen LogP contribution in [0.3, 0.4) is 0 Å². The van der Waals surface area contributed by atoms with E-state index in [1.54, 1.807) is 37.4 Å². The number of anilines is 1. The van der Waals surface area contributed by atoms with Crippen LogP contribution in [-0.4, -0.2) is 42.1 Å². The summed E-state index contributed by atoms with van der Waals surface area (Å²) in [5.74, 6) is 0.905. The minimum Gasteiger partial charge on any atom is -0.497 e. The zero-order valence-electron chi connectivity index (χ0n) is 14.7. The third-order valence-corrected chi connectivity index (χ3v) is 3.64. The van der Waals surface area contributed by atoms with Crippen molar-refractivity contribution in [1.82, 2.24) is 10.1 Å². The van der Waals surface area contributed by atoms with Gasteiger partial charge in [-0.2, -0.15) is 0 Å². The molecule has 1 heterocycles. The molecule has 0 saturated heterocycles. The molecule has 7 nitrogen and oxygen atoms in total. The third kappa shape index (κ3) is 5.63. The van der Waals surface area contributed by atoms with Crippen molar-refractivity contribution < 1.29 is 18.8 Å². The molecule has 1 aromatic heterocycles. The molecule has 0 aliphatic carbocycles. The second-order valence-electron chi connectivity index (χ2n) is 6.07. The standard InChI is InChI=1S/C18H23N3O4/c1-13(2)8-10-21(12-17(22)19-16-9-11-25-20-16)18(23)14-4-6-15(24-3)7-5-14/h4-7,9,11,13H,8,10,12H2,1-3H3,(H,19,20,22). The van der Waals surface area contributed by atoms with E-state index in [0.29, 0.717) is 29.6 Å². The summed E-state index contributed by atoms with van der Waals surface area (Å²) in [4.78, 5) is 26.5. The lowest BCUT2D eigenvalue weighted by Gasteiger charge is -2.23. The first kappa shape index (κ1) is 18.5. The van der Waals surface area contributed by atoms with Crippen LogP contribution in [0.1, 0.15) is 30.6 Å². The van der Waals surface area contributed by atoms with Crippen molar-refractivity contribution in [3.05, 3.63) is 42.2 Å². The van der Waals surface area contributed by atoms with Crippen LogP contribution in [0.15, 0.2) is 41.1 Å². The first-order valence-corrected chi connectivity index (χ1v) is 8.13. The number of aromatic nitrogens is 1. The highest BCUT2D eigenvalue weighted by molar-refractivity contribution is 5.99. The maximum Gasteiger partial charge on any atom is 0.254 e. The Morgan fingerprint density at radius 1 is 1.24 bits per heavy atom. The number of nitrogens with zero attached hydrogens (tertiary/aromatic N) is 2. The third-order valence-electron chi connectivity index (χ3n) is 3.64. The summed E-state index contributed by atoms with van der Waals surface area (Å²) in [7, 11) is 1.57. The SMILES string of the molecule is COc1ccc(C(=O)N(CCC(C)C)CC(=O)Nc2ccon2)cc1. The van der Waals surface area contributed by atoms with E-state index in [0.717, 1.165) is 6.42 Å². The van der Waals surface area contributed by atoms with E-state index in [4.69, 9.17) is 4.74 Å². The molecule has 134 valence electrons. The summed E-state index contributed by atoms with van der Waals surface area (Å²) < 4.78 is 9.79. The van der Waals surface area contributed by atoms with Gasteiger partial charge in [-0.1, -0.05) is 19.0 Å².